The predicted octanol–water partition coefficient (Wildman–Crippen LogP) is 4.10. The Morgan fingerprint density at radius 2 is 1.82 bits per heavy atom. The number of carbonyl (C=O) groups is 2. The molecule has 6 nitrogen and oxygen atoms in total. The Bertz CT molecular complexity index is 1050. The molecule has 4 rings (SSSR count). The van der Waals surface area contributed by atoms with Crippen LogP contribution >= 0.6 is 11.6 Å². The van der Waals surface area contributed by atoms with Gasteiger partial charge in [-0.2, -0.15) is 0 Å². The summed E-state index contributed by atoms with van der Waals surface area (Å²) in [6.45, 7) is 1.60. The maximum Gasteiger partial charge on any atom is 0.325 e. The highest BCUT2D eigenvalue weighted by atomic mass is 35.5. The van der Waals surface area contributed by atoms with Gasteiger partial charge in [-0.1, -0.05) is 23.7 Å². The average molecular weight is 400 g/mol. The Labute approximate surface area is 164 Å². The third-order valence-corrected chi connectivity index (χ3v) is 4.91. The van der Waals surface area contributed by atoms with Crippen molar-refractivity contribution >= 4 is 23.5 Å². The Morgan fingerprint density at radius 3 is 2.50 bits per heavy atom. The minimum atomic E-state index is -1.19. The van der Waals surface area contributed by atoms with Gasteiger partial charge in [-0.15, -0.1) is 0 Å². The summed E-state index contributed by atoms with van der Waals surface area (Å²) < 4.78 is 18.5. The van der Waals surface area contributed by atoms with E-state index in [4.69, 9.17) is 16.0 Å². The monoisotopic (exact) mass is 399 g/mol. The van der Waals surface area contributed by atoms with Crippen molar-refractivity contribution in [3.63, 3.8) is 0 Å². The lowest BCUT2D eigenvalue weighted by Crippen LogP contribution is -2.40. The maximum atomic E-state index is 13.1. The van der Waals surface area contributed by atoms with Gasteiger partial charge in [-0.25, -0.2) is 14.2 Å². The van der Waals surface area contributed by atoms with E-state index in [9.17, 15) is 14.0 Å². The van der Waals surface area contributed by atoms with Crippen LogP contribution in [0, 0.1) is 5.82 Å². The summed E-state index contributed by atoms with van der Waals surface area (Å²) in [7, 11) is 0. The summed E-state index contributed by atoms with van der Waals surface area (Å²) in [6.07, 6.45) is 1.37. The number of oxazole rings is 1. The number of hydrogen-bond acceptors (Lipinski definition) is 4. The minimum Gasteiger partial charge on any atom is -0.444 e. The first-order valence-corrected chi connectivity index (χ1v) is 8.85. The first-order chi connectivity index (χ1) is 13.4. The summed E-state index contributed by atoms with van der Waals surface area (Å²) in [5.74, 6) is -0.481. The molecule has 0 aliphatic carbocycles. The third kappa shape index (κ3) is 3.14. The van der Waals surface area contributed by atoms with Crippen LogP contribution in [0.4, 0.5) is 9.18 Å². The lowest BCUT2D eigenvalue weighted by atomic mass is 9.92. The van der Waals surface area contributed by atoms with Gasteiger partial charge in [0, 0.05) is 10.6 Å². The van der Waals surface area contributed by atoms with E-state index in [1.165, 1.54) is 30.5 Å². The molecule has 2 aromatic carbocycles. The van der Waals surface area contributed by atoms with Gasteiger partial charge in [0.25, 0.3) is 5.91 Å². The molecule has 1 atom stereocenters. The van der Waals surface area contributed by atoms with E-state index < -0.39 is 17.5 Å². The normalized spacial score (nSPS) is 19.2. The summed E-state index contributed by atoms with van der Waals surface area (Å²) in [4.78, 5) is 30.8. The van der Waals surface area contributed by atoms with Crippen molar-refractivity contribution in [3.05, 3.63) is 76.9 Å². The quantitative estimate of drug-likeness (QED) is 0.670. The number of benzene rings is 2. The van der Waals surface area contributed by atoms with Crippen molar-refractivity contribution in [1.29, 1.82) is 0 Å². The molecule has 3 amide bonds. The molecular formula is C20H15ClFN3O3. The van der Waals surface area contributed by atoms with Gasteiger partial charge in [0.2, 0.25) is 5.89 Å². The zero-order chi connectivity index (χ0) is 19.9. The van der Waals surface area contributed by atoms with Crippen LogP contribution in [-0.2, 0) is 16.9 Å². The SMILES string of the molecule is CC1(c2ccc(Cl)cc2)NC(=O)N(Cc2coc(-c3ccc(F)cc3)n2)C1=O. The molecule has 0 saturated carbocycles. The van der Waals surface area contributed by atoms with Crippen LogP contribution < -0.4 is 5.32 Å². The molecule has 1 aliphatic heterocycles. The summed E-state index contributed by atoms with van der Waals surface area (Å²) >= 11 is 5.90. The average Bonchev–Trinajstić information content (AvgIpc) is 3.22. The third-order valence-electron chi connectivity index (χ3n) is 4.66. The number of amides is 3. The first-order valence-electron chi connectivity index (χ1n) is 8.47. The number of halogens is 2. The summed E-state index contributed by atoms with van der Waals surface area (Å²) in [5.41, 5.74) is 0.439. The van der Waals surface area contributed by atoms with Gasteiger partial charge in [0.15, 0.2) is 0 Å². The highest BCUT2D eigenvalue weighted by molar-refractivity contribution is 6.30. The molecule has 1 aromatic heterocycles. The van der Waals surface area contributed by atoms with Crippen LogP contribution in [0.15, 0.2) is 59.2 Å². The van der Waals surface area contributed by atoms with E-state index in [-0.39, 0.29) is 18.3 Å². The fourth-order valence-electron chi connectivity index (χ4n) is 3.09. The van der Waals surface area contributed by atoms with Crippen molar-refractivity contribution in [2.24, 2.45) is 0 Å². The van der Waals surface area contributed by atoms with E-state index in [0.29, 0.717) is 21.8 Å². The van der Waals surface area contributed by atoms with E-state index in [2.05, 4.69) is 10.3 Å². The molecule has 2 heterocycles. The van der Waals surface area contributed by atoms with Gasteiger partial charge >= 0.3 is 6.03 Å². The fraction of sp³-hybridized carbons (Fsp3) is 0.150. The summed E-state index contributed by atoms with van der Waals surface area (Å²) in [5, 5.41) is 3.26. The van der Waals surface area contributed by atoms with Crippen molar-refractivity contribution in [2.45, 2.75) is 19.0 Å². The van der Waals surface area contributed by atoms with Crippen LogP contribution in [0.2, 0.25) is 5.02 Å². The number of nitrogens with one attached hydrogen (secondary N) is 1. The molecule has 1 aliphatic rings. The van der Waals surface area contributed by atoms with Crippen molar-refractivity contribution in [2.75, 3.05) is 0 Å². The number of aromatic nitrogens is 1. The number of carbonyl (C=O) groups excluding carboxylic acids is 2. The van der Waals surface area contributed by atoms with E-state index >= 15 is 0 Å². The molecule has 1 fully saturated rings. The van der Waals surface area contributed by atoms with Crippen LogP contribution in [0.5, 0.6) is 0 Å². The van der Waals surface area contributed by atoms with Crippen molar-refractivity contribution < 1.29 is 18.4 Å². The van der Waals surface area contributed by atoms with Gasteiger partial charge in [0.05, 0.1) is 12.2 Å². The van der Waals surface area contributed by atoms with Crippen LogP contribution in [0.25, 0.3) is 11.5 Å². The number of nitrogens with zero attached hydrogens (tertiary/aromatic N) is 2. The Balaban J connectivity index is 1.55. The molecular weight excluding hydrogens is 385 g/mol. The molecule has 1 saturated heterocycles. The highest BCUT2D eigenvalue weighted by Gasteiger charge is 2.49. The Kier molecular flexibility index (Phi) is 4.39. The van der Waals surface area contributed by atoms with Gasteiger partial charge < -0.3 is 9.73 Å². The van der Waals surface area contributed by atoms with Crippen molar-refractivity contribution in [3.8, 4) is 11.5 Å². The lowest BCUT2D eigenvalue weighted by Gasteiger charge is -2.22. The zero-order valence-corrected chi connectivity index (χ0v) is 15.5. The van der Waals surface area contributed by atoms with Crippen LogP contribution in [-0.4, -0.2) is 21.8 Å². The Hall–Kier alpha value is -3.19. The minimum absolute atomic E-state index is 0.0431. The van der Waals surface area contributed by atoms with Crippen LogP contribution in [0.1, 0.15) is 18.2 Å². The van der Waals surface area contributed by atoms with Crippen LogP contribution in [0.3, 0.4) is 0 Å². The van der Waals surface area contributed by atoms with Gasteiger partial charge in [0.1, 0.15) is 17.6 Å². The second kappa shape index (κ2) is 6.76. The standard InChI is InChI=1S/C20H15ClFN3O3/c1-20(13-4-6-14(21)7-5-13)18(26)25(19(27)24-20)10-16-11-28-17(23-16)12-2-8-15(22)9-3-12/h2-9,11H,10H2,1H3,(H,24,27). The number of hydrogen-bond donors (Lipinski definition) is 1. The largest absolute Gasteiger partial charge is 0.444 e. The molecule has 142 valence electrons. The second-order valence-electron chi connectivity index (χ2n) is 6.60. The van der Waals surface area contributed by atoms with Crippen molar-refractivity contribution in [1.82, 2.24) is 15.2 Å². The molecule has 8 heteroatoms. The number of urea groups is 1. The number of rotatable bonds is 4. The predicted molar refractivity (Wildman–Crippen MR) is 99.8 cm³/mol. The smallest absolute Gasteiger partial charge is 0.325 e. The lowest BCUT2D eigenvalue weighted by molar-refractivity contribution is -0.131. The molecule has 0 spiro atoms. The molecule has 1 N–H and O–H groups in total. The molecule has 3 aromatic rings. The molecule has 28 heavy (non-hydrogen) atoms. The first kappa shape index (κ1) is 18.2. The topological polar surface area (TPSA) is 75.4 Å². The molecule has 1 unspecified atom stereocenters. The van der Waals surface area contributed by atoms with Gasteiger partial charge in [-0.05, 0) is 48.9 Å². The molecule has 0 radical (unpaired) electrons. The summed E-state index contributed by atoms with van der Waals surface area (Å²) in [6, 6.07) is 11.9. The van der Waals surface area contributed by atoms with E-state index in [1.54, 1.807) is 31.2 Å². The maximum absolute atomic E-state index is 13.1. The van der Waals surface area contributed by atoms with Gasteiger partial charge in [-0.3, -0.25) is 9.69 Å². The number of imide groups is 1. The fourth-order valence-corrected chi connectivity index (χ4v) is 3.21. The Morgan fingerprint density at radius 1 is 1.14 bits per heavy atom. The van der Waals surface area contributed by atoms with E-state index in [1.807, 2.05) is 0 Å². The molecule has 0 bridgehead atoms. The second-order valence-corrected chi connectivity index (χ2v) is 7.04. The van der Waals surface area contributed by atoms with E-state index in [0.717, 1.165) is 4.90 Å². The zero-order valence-electron chi connectivity index (χ0n) is 14.8. The highest BCUT2D eigenvalue weighted by Crippen LogP contribution is 2.31.